The Morgan fingerprint density at radius 3 is 2.63 bits per heavy atom. The Morgan fingerprint density at radius 1 is 1.13 bits per heavy atom. The van der Waals surface area contributed by atoms with Crippen LogP contribution in [0.2, 0.25) is 0 Å². The molecule has 10 heteroatoms. The Bertz CT molecular complexity index is 931. The van der Waals surface area contributed by atoms with Crippen molar-refractivity contribution < 1.29 is 14.7 Å². The average Bonchev–Trinajstić information content (AvgIpc) is 3.16. The fourth-order valence-corrected chi connectivity index (χ4v) is 2.68. The minimum Gasteiger partial charge on any atom is -0.390 e. The van der Waals surface area contributed by atoms with E-state index in [0.29, 0.717) is 18.1 Å². The number of carbonyl (C=O) groups is 1. The van der Waals surface area contributed by atoms with Crippen molar-refractivity contribution >= 4 is 28.9 Å². The number of aliphatic hydroxyl groups is 1. The molecule has 1 atom stereocenters. The highest BCUT2D eigenvalue weighted by Crippen LogP contribution is 2.16. The monoisotopic (exact) mass is 411 g/mol. The van der Waals surface area contributed by atoms with Crippen LogP contribution in [0.3, 0.4) is 0 Å². The third-order valence-corrected chi connectivity index (χ3v) is 4.14. The molecule has 0 aliphatic rings. The Morgan fingerprint density at radius 2 is 1.93 bits per heavy atom. The number of hydrogen-bond donors (Lipinski definition) is 4. The Labute approximate surface area is 174 Å². The van der Waals surface area contributed by atoms with Gasteiger partial charge in [0, 0.05) is 18.9 Å². The molecule has 2 heterocycles. The van der Waals surface area contributed by atoms with Gasteiger partial charge in [-0.2, -0.15) is 10.2 Å². The highest BCUT2D eigenvalue weighted by atomic mass is 16.7. The summed E-state index contributed by atoms with van der Waals surface area (Å²) < 4.78 is 1.55. The molecule has 1 aromatic carbocycles. The second-order valence-corrected chi connectivity index (χ2v) is 6.60. The quantitative estimate of drug-likeness (QED) is 0.400. The number of anilines is 4. The maximum atomic E-state index is 12.2. The van der Waals surface area contributed by atoms with Gasteiger partial charge in [-0.25, -0.2) is 9.78 Å². The Hall–Kier alpha value is -3.47. The van der Waals surface area contributed by atoms with E-state index in [-0.39, 0.29) is 6.54 Å². The molecule has 0 radical (unpaired) electrons. The lowest BCUT2D eigenvalue weighted by atomic mass is 10.3. The predicted molar refractivity (Wildman–Crippen MR) is 114 cm³/mol. The number of nitrogens with one attached hydrogen (secondary N) is 3. The zero-order valence-corrected chi connectivity index (χ0v) is 16.8. The lowest BCUT2D eigenvalue weighted by Crippen LogP contribution is -2.31. The molecular formula is C20H25N7O3. The van der Waals surface area contributed by atoms with E-state index in [2.05, 4.69) is 26.0 Å². The summed E-state index contributed by atoms with van der Waals surface area (Å²) in [5.74, 6) is 0.413. The van der Waals surface area contributed by atoms with Crippen molar-refractivity contribution in [3.63, 3.8) is 0 Å². The van der Waals surface area contributed by atoms with Gasteiger partial charge in [0.2, 0.25) is 0 Å². The zero-order chi connectivity index (χ0) is 21.3. The van der Waals surface area contributed by atoms with Gasteiger partial charge in [0.1, 0.15) is 5.82 Å². The highest BCUT2D eigenvalue weighted by Gasteiger charge is 2.11. The lowest BCUT2D eigenvalue weighted by Gasteiger charge is -2.17. The Kier molecular flexibility index (Phi) is 7.33. The number of nitrogens with zero attached hydrogens (tertiary/aromatic N) is 4. The summed E-state index contributed by atoms with van der Waals surface area (Å²) in [6.07, 6.45) is 4.12. The second-order valence-electron chi connectivity index (χ2n) is 6.60. The number of benzene rings is 1. The molecule has 0 aliphatic carbocycles. The zero-order valence-electron chi connectivity index (χ0n) is 16.8. The number of urea groups is 1. The van der Waals surface area contributed by atoms with E-state index in [9.17, 15) is 9.90 Å². The summed E-state index contributed by atoms with van der Waals surface area (Å²) in [5, 5.41) is 24.2. The first-order chi connectivity index (χ1) is 14.5. The van der Waals surface area contributed by atoms with Gasteiger partial charge in [-0.3, -0.25) is 10.00 Å². The largest absolute Gasteiger partial charge is 0.390 e. The number of hydrogen-bond acceptors (Lipinski definition) is 7. The van der Waals surface area contributed by atoms with Crippen molar-refractivity contribution in [1.29, 1.82) is 0 Å². The van der Waals surface area contributed by atoms with Gasteiger partial charge in [-0.15, -0.1) is 0 Å². The van der Waals surface area contributed by atoms with Gasteiger partial charge in [0.15, 0.2) is 0 Å². The van der Waals surface area contributed by atoms with Crippen LogP contribution in [-0.2, 0) is 11.4 Å². The van der Waals surface area contributed by atoms with Crippen molar-refractivity contribution in [2.24, 2.45) is 0 Å². The minimum atomic E-state index is -0.663. The van der Waals surface area contributed by atoms with E-state index in [4.69, 9.17) is 4.84 Å². The number of para-hydroxylation sites is 1. The highest BCUT2D eigenvalue weighted by molar-refractivity contribution is 5.99. The summed E-state index contributed by atoms with van der Waals surface area (Å²) in [6.45, 7) is 0.606. The number of likely N-dealkylation sites (N-methyl/N-ethyl adjacent to an activating group) is 1. The van der Waals surface area contributed by atoms with Crippen LogP contribution in [-0.4, -0.2) is 57.8 Å². The van der Waals surface area contributed by atoms with Crippen LogP contribution in [0, 0.1) is 0 Å². The van der Waals surface area contributed by atoms with Gasteiger partial charge < -0.3 is 20.6 Å². The lowest BCUT2D eigenvalue weighted by molar-refractivity contribution is -0.129. The van der Waals surface area contributed by atoms with Gasteiger partial charge in [0.25, 0.3) is 0 Å². The standard InChI is InChI=1S/C20H25N7O3/c1-26(30-2)13-18(28)14-27-12-17(11-22-27)24-20(29)25-19-9-8-16(10-21-19)23-15-6-4-3-5-7-15/h3-12,18,23,28H,13-14H2,1-2H3,(H2,21,24,25,29). The number of aromatic nitrogens is 3. The molecule has 0 fully saturated rings. The molecule has 0 aliphatic heterocycles. The van der Waals surface area contributed by atoms with E-state index in [1.165, 1.54) is 18.4 Å². The normalized spacial score (nSPS) is 11.9. The molecule has 0 saturated carbocycles. The molecule has 158 valence electrons. The van der Waals surface area contributed by atoms with Crippen molar-refractivity contribution in [2.45, 2.75) is 12.6 Å². The van der Waals surface area contributed by atoms with E-state index in [1.54, 1.807) is 30.2 Å². The number of pyridine rings is 1. The van der Waals surface area contributed by atoms with E-state index >= 15 is 0 Å². The summed E-state index contributed by atoms with van der Waals surface area (Å²) in [7, 11) is 3.26. The van der Waals surface area contributed by atoms with Crippen LogP contribution in [0.5, 0.6) is 0 Å². The van der Waals surface area contributed by atoms with Crippen LogP contribution in [0.4, 0.5) is 27.7 Å². The van der Waals surface area contributed by atoms with Crippen LogP contribution in [0.15, 0.2) is 61.1 Å². The summed E-state index contributed by atoms with van der Waals surface area (Å²) in [4.78, 5) is 21.4. The van der Waals surface area contributed by atoms with Gasteiger partial charge in [-0.1, -0.05) is 18.2 Å². The first kappa shape index (κ1) is 21.2. The van der Waals surface area contributed by atoms with E-state index in [0.717, 1.165) is 11.4 Å². The number of amides is 2. The summed E-state index contributed by atoms with van der Waals surface area (Å²) >= 11 is 0. The maximum absolute atomic E-state index is 12.2. The van der Waals surface area contributed by atoms with Crippen LogP contribution < -0.4 is 16.0 Å². The number of hydroxylamine groups is 2. The number of rotatable bonds is 9. The SMILES string of the molecule is CON(C)CC(O)Cn1cc(NC(=O)Nc2ccc(Nc3ccccc3)cn2)cn1. The Balaban J connectivity index is 1.48. The van der Waals surface area contributed by atoms with Crippen molar-refractivity contribution in [3.8, 4) is 0 Å². The molecule has 10 nitrogen and oxygen atoms in total. The average molecular weight is 411 g/mol. The molecule has 4 N–H and O–H groups in total. The molecule has 0 spiro atoms. The molecule has 0 saturated heterocycles. The van der Waals surface area contributed by atoms with Gasteiger partial charge >= 0.3 is 6.03 Å². The number of aliphatic hydroxyl groups excluding tert-OH is 1. The fraction of sp³-hybridized carbons (Fsp3) is 0.250. The minimum absolute atomic E-state index is 0.272. The first-order valence-corrected chi connectivity index (χ1v) is 9.33. The molecule has 2 aromatic heterocycles. The molecule has 3 rings (SSSR count). The molecule has 2 amide bonds. The predicted octanol–water partition coefficient (Wildman–Crippen LogP) is 2.52. The van der Waals surface area contributed by atoms with E-state index in [1.807, 2.05) is 36.4 Å². The molecule has 0 bridgehead atoms. The van der Waals surface area contributed by atoms with Gasteiger partial charge in [0.05, 0.1) is 50.1 Å². The van der Waals surface area contributed by atoms with E-state index < -0.39 is 12.1 Å². The molecule has 1 unspecified atom stereocenters. The molecule has 30 heavy (non-hydrogen) atoms. The number of carbonyl (C=O) groups excluding carboxylic acids is 1. The van der Waals surface area contributed by atoms with Crippen LogP contribution in [0.1, 0.15) is 0 Å². The summed E-state index contributed by atoms with van der Waals surface area (Å²) in [5.41, 5.74) is 2.27. The summed E-state index contributed by atoms with van der Waals surface area (Å²) in [6, 6.07) is 12.8. The third-order valence-electron chi connectivity index (χ3n) is 4.14. The third kappa shape index (κ3) is 6.55. The van der Waals surface area contributed by atoms with Crippen molar-refractivity contribution in [3.05, 3.63) is 61.1 Å². The fourth-order valence-electron chi connectivity index (χ4n) is 2.68. The topological polar surface area (TPSA) is 117 Å². The van der Waals surface area contributed by atoms with Crippen molar-refractivity contribution in [1.82, 2.24) is 19.8 Å². The smallest absolute Gasteiger partial charge is 0.324 e. The van der Waals surface area contributed by atoms with Crippen LogP contribution >= 0.6 is 0 Å². The molecule has 3 aromatic rings. The van der Waals surface area contributed by atoms with Gasteiger partial charge in [-0.05, 0) is 24.3 Å². The first-order valence-electron chi connectivity index (χ1n) is 9.33. The van der Waals surface area contributed by atoms with Crippen LogP contribution in [0.25, 0.3) is 0 Å². The maximum Gasteiger partial charge on any atom is 0.324 e. The second kappa shape index (κ2) is 10.3. The van der Waals surface area contributed by atoms with Crippen molar-refractivity contribution in [2.75, 3.05) is 36.7 Å². The molecular weight excluding hydrogens is 386 g/mol.